The molecule has 0 saturated carbocycles. The van der Waals surface area contributed by atoms with Crippen LogP contribution >= 0.6 is 0 Å². The number of hydrogen-bond acceptors (Lipinski definition) is 6. The van der Waals surface area contributed by atoms with Crippen LogP contribution in [0.3, 0.4) is 0 Å². The van der Waals surface area contributed by atoms with Gasteiger partial charge in [0.15, 0.2) is 18.1 Å². The van der Waals surface area contributed by atoms with E-state index in [4.69, 9.17) is 14.2 Å². The summed E-state index contributed by atoms with van der Waals surface area (Å²) in [6.45, 7) is 4.42. The number of benzene rings is 1. The first-order valence-corrected chi connectivity index (χ1v) is 6.28. The van der Waals surface area contributed by atoms with E-state index in [1.807, 2.05) is 0 Å². The van der Waals surface area contributed by atoms with Crippen molar-refractivity contribution in [1.82, 2.24) is 0 Å². The van der Waals surface area contributed by atoms with E-state index in [1.165, 1.54) is 27.2 Å². The molecule has 1 aromatic carbocycles. The Bertz CT molecular complexity index is 620. The summed E-state index contributed by atoms with van der Waals surface area (Å²) >= 11 is 0. The monoisotopic (exact) mass is 307 g/mol. The van der Waals surface area contributed by atoms with Gasteiger partial charge in [0.2, 0.25) is 0 Å². The summed E-state index contributed by atoms with van der Waals surface area (Å²) < 4.78 is 15.0. The number of nitrogens with zero attached hydrogens (tertiary/aromatic N) is 1. The summed E-state index contributed by atoms with van der Waals surface area (Å²) in [5.74, 6) is 0.272. The minimum atomic E-state index is -0.680. The van der Waals surface area contributed by atoms with Gasteiger partial charge in [-0.25, -0.2) is 4.79 Å². The Labute approximate surface area is 127 Å². The van der Waals surface area contributed by atoms with Crippen LogP contribution in [0.5, 0.6) is 11.5 Å². The van der Waals surface area contributed by atoms with E-state index in [9.17, 15) is 14.9 Å². The molecule has 0 heterocycles. The second-order valence-electron chi connectivity index (χ2n) is 4.36. The molecule has 0 aliphatic rings. The fourth-order valence-corrected chi connectivity index (χ4v) is 1.54. The first kappa shape index (κ1) is 17.2. The fourth-order valence-electron chi connectivity index (χ4n) is 1.54. The van der Waals surface area contributed by atoms with Crippen molar-refractivity contribution in [3.8, 4) is 11.5 Å². The zero-order valence-electron chi connectivity index (χ0n) is 12.6. The lowest BCUT2D eigenvalue weighted by atomic mass is 10.1. The quantitative estimate of drug-likeness (QED) is 0.333. The molecule has 0 fully saturated rings. The highest BCUT2D eigenvalue weighted by molar-refractivity contribution is 5.87. The third-order valence-corrected chi connectivity index (χ3v) is 2.67. The molecule has 7 nitrogen and oxygen atoms in total. The predicted molar refractivity (Wildman–Crippen MR) is 80.3 cm³/mol. The molecule has 0 aliphatic carbocycles. The van der Waals surface area contributed by atoms with Gasteiger partial charge < -0.3 is 14.2 Å². The summed E-state index contributed by atoms with van der Waals surface area (Å²) in [5, 5.41) is 11.0. The van der Waals surface area contributed by atoms with Crippen molar-refractivity contribution in [2.24, 2.45) is 0 Å². The van der Waals surface area contributed by atoms with Crippen molar-refractivity contribution < 1.29 is 23.9 Å². The van der Waals surface area contributed by atoms with Gasteiger partial charge in [0.1, 0.15) is 0 Å². The van der Waals surface area contributed by atoms with Crippen LogP contribution in [0, 0.1) is 10.1 Å². The van der Waals surface area contributed by atoms with E-state index in [0.29, 0.717) is 17.1 Å². The van der Waals surface area contributed by atoms with Gasteiger partial charge >= 0.3 is 5.97 Å². The Morgan fingerprint density at radius 2 is 1.95 bits per heavy atom. The average Bonchev–Trinajstić information content (AvgIpc) is 2.50. The number of esters is 1. The standard InChI is InChI=1S/C15H17NO6/c1-10(2)15(17)22-9-12(16(18)19)7-11-5-6-13(20-3)14(8-11)21-4/h5-8H,1,9H2,2-4H3. The molecule has 118 valence electrons. The minimum Gasteiger partial charge on any atom is -0.493 e. The van der Waals surface area contributed by atoms with E-state index in [1.54, 1.807) is 18.2 Å². The van der Waals surface area contributed by atoms with Crippen molar-refractivity contribution >= 4 is 12.0 Å². The fraction of sp³-hybridized carbons (Fsp3) is 0.267. The summed E-state index contributed by atoms with van der Waals surface area (Å²) in [4.78, 5) is 21.7. The molecule has 22 heavy (non-hydrogen) atoms. The maximum atomic E-state index is 11.3. The molecule has 1 rings (SSSR count). The minimum absolute atomic E-state index is 0.175. The second-order valence-corrected chi connectivity index (χ2v) is 4.36. The summed E-state index contributed by atoms with van der Waals surface area (Å²) in [6, 6.07) is 4.84. The van der Waals surface area contributed by atoms with Crippen LogP contribution in [-0.4, -0.2) is 31.7 Å². The van der Waals surface area contributed by atoms with Crippen LogP contribution in [0.15, 0.2) is 36.0 Å². The predicted octanol–water partition coefficient (Wildman–Crippen LogP) is 2.44. The third kappa shape index (κ3) is 4.62. The van der Waals surface area contributed by atoms with Gasteiger partial charge in [0, 0.05) is 11.6 Å². The normalized spacial score (nSPS) is 10.8. The molecule has 0 atom stereocenters. The Morgan fingerprint density at radius 3 is 2.45 bits per heavy atom. The molecule has 0 bridgehead atoms. The maximum Gasteiger partial charge on any atom is 0.333 e. The first-order valence-electron chi connectivity index (χ1n) is 6.28. The number of carbonyl (C=O) groups is 1. The molecule has 0 spiro atoms. The summed E-state index contributed by atoms with van der Waals surface area (Å²) in [6.07, 6.45) is 1.30. The average molecular weight is 307 g/mol. The van der Waals surface area contributed by atoms with Crippen LogP contribution in [0.2, 0.25) is 0 Å². The zero-order valence-corrected chi connectivity index (χ0v) is 12.6. The number of hydrogen-bond donors (Lipinski definition) is 0. The van der Waals surface area contributed by atoms with Gasteiger partial charge in [-0.15, -0.1) is 0 Å². The molecule has 0 N–H and O–H groups in total. The molecule has 0 unspecified atom stereocenters. The molecule has 0 amide bonds. The molecular formula is C15H17NO6. The zero-order chi connectivity index (χ0) is 16.7. The van der Waals surface area contributed by atoms with Gasteiger partial charge in [-0.3, -0.25) is 10.1 Å². The molecule has 0 saturated heterocycles. The van der Waals surface area contributed by atoms with Crippen LogP contribution in [0.1, 0.15) is 12.5 Å². The largest absolute Gasteiger partial charge is 0.493 e. The summed E-state index contributed by atoms with van der Waals surface area (Å²) in [5.41, 5.74) is 0.436. The van der Waals surface area contributed by atoms with Crippen molar-refractivity contribution in [2.75, 3.05) is 20.8 Å². The number of methoxy groups -OCH3 is 2. The lowest BCUT2D eigenvalue weighted by Gasteiger charge is -2.08. The topological polar surface area (TPSA) is 87.9 Å². The van der Waals surface area contributed by atoms with Crippen LogP contribution in [0.25, 0.3) is 6.08 Å². The number of nitro groups is 1. The molecule has 0 aliphatic heterocycles. The smallest absolute Gasteiger partial charge is 0.333 e. The van der Waals surface area contributed by atoms with Gasteiger partial charge in [0.05, 0.1) is 19.1 Å². The summed E-state index contributed by atoms with van der Waals surface area (Å²) in [7, 11) is 2.96. The Hall–Kier alpha value is -2.83. The van der Waals surface area contributed by atoms with Gasteiger partial charge in [-0.2, -0.15) is 0 Å². The van der Waals surface area contributed by atoms with Crippen molar-refractivity contribution in [1.29, 1.82) is 0 Å². The van der Waals surface area contributed by atoms with E-state index in [-0.39, 0.29) is 11.3 Å². The Kier molecular flexibility index (Phi) is 6.12. The molecule has 0 radical (unpaired) electrons. The highest BCUT2D eigenvalue weighted by atomic mass is 16.6. The van der Waals surface area contributed by atoms with E-state index < -0.39 is 17.5 Å². The molecule has 7 heteroatoms. The van der Waals surface area contributed by atoms with Gasteiger partial charge in [-0.05, 0) is 24.6 Å². The van der Waals surface area contributed by atoms with Crippen LogP contribution < -0.4 is 9.47 Å². The Balaban J connectivity index is 3.00. The lowest BCUT2D eigenvalue weighted by Crippen LogP contribution is -2.12. The molecule has 0 aromatic heterocycles. The number of rotatable bonds is 7. The van der Waals surface area contributed by atoms with E-state index in [0.717, 1.165) is 0 Å². The van der Waals surface area contributed by atoms with Gasteiger partial charge in [-0.1, -0.05) is 12.6 Å². The second kappa shape index (κ2) is 7.82. The van der Waals surface area contributed by atoms with Crippen molar-refractivity contribution in [2.45, 2.75) is 6.92 Å². The number of carbonyl (C=O) groups excluding carboxylic acids is 1. The number of ether oxygens (including phenoxy) is 3. The van der Waals surface area contributed by atoms with Crippen molar-refractivity contribution in [3.63, 3.8) is 0 Å². The Morgan fingerprint density at radius 1 is 1.32 bits per heavy atom. The third-order valence-electron chi connectivity index (χ3n) is 2.67. The van der Waals surface area contributed by atoms with E-state index in [2.05, 4.69) is 6.58 Å². The lowest BCUT2D eigenvalue weighted by molar-refractivity contribution is -0.428. The van der Waals surface area contributed by atoms with Crippen LogP contribution in [-0.2, 0) is 9.53 Å². The molecular weight excluding hydrogens is 290 g/mol. The maximum absolute atomic E-state index is 11.3. The highest BCUT2D eigenvalue weighted by Gasteiger charge is 2.15. The van der Waals surface area contributed by atoms with Gasteiger partial charge in [0.25, 0.3) is 5.70 Å². The first-order chi connectivity index (χ1) is 10.4. The van der Waals surface area contributed by atoms with Crippen LogP contribution in [0.4, 0.5) is 0 Å². The van der Waals surface area contributed by atoms with Crippen molar-refractivity contribution in [3.05, 3.63) is 51.7 Å². The SMILES string of the molecule is C=C(C)C(=O)OCC(=Cc1ccc(OC)c(OC)c1)[N+](=O)[O-]. The van der Waals surface area contributed by atoms with E-state index >= 15 is 0 Å². The highest BCUT2D eigenvalue weighted by Crippen LogP contribution is 2.28. The molecule has 1 aromatic rings.